The Morgan fingerprint density at radius 3 is 2.47 bits per heavy atom. The molecule has 1 saturated heterocycles. The van der Waals surface area contributed by atoms with E-state index in [1.165, 1.54) is 12.1 Å². The summed E-state index contributed by atoms with van der Waals surface area (Å²) >= 11 is 0. The topological polar surface area (TPSA) is 77.2 Å². The molecule has 1 fully saturated rings. The second-order valence-electron chi connectivity index (χ2n) is 8.78. The Morgan fingerprint density at radius 1 is 1.06 bits per heavy atom. The van der Waals surface area contributed by atoms with Crippen LogP contribution >= 0.6 is 0 Å². The SMILES string of the molecule is CC(c1nc(-c2ccc(C(F)(F)F)cc2)n[nH]1)N1CCC(N2Cc3ccccc3NC2=O)CC1. The first-order chi connectivity index (χ1) is 16.3. The van der Waals surface area contributed by atoms with Crippen LogP contribution in [0.1, 0.15) is 42.8 Å². The molecule has 0 aliphatic carbocycles. The highest BCUT2D eigenvalue weighted by molar-refractivity contribution is 5.92. The van der Waals surface area contributed by atoms with Crippen LogP contribution in [0.5, 0.6) is 0 Å². The largest absolute Gasteiger partial charge is 0.416 e. The van der Waals surface area contributed by atoms with Gasteiger partial charge in [0, 0.05) is 36.9 Å². The van der Waals surface area contributed by atoms with Crippen molar-refractivity contribution in [2.45, 2.75) is 44.6 Å². The van der Waals surface area contributed by atoms with Gasteiger partial charge in [-0.1, -0.05) is 30.3 Å². The molecule has 34 heavy (non-hydrogen) atoms. The van der Waals surface area contributed by atoms with E-state index >= 15 is 0 Å². The van der Waals surface area contributed by atoms with E-state index in [1.807, 2.05) is 36.1 Å². The van der Waals surface area contributed by atoms with Gasteiger partial charge in [-0.25, -0.2) is 9.78 Å². The van der Waals surface area contributed by atoms with E-state index in [1.54, 1.807) is 0 Å². The van der Waals surface area contributed by atoms with E-state index in [0.717, 1.165) is 49.3 Å². The zero-order chi connectivity index (χ0) is 23.9. The number of fused-ring (bicyclic) bond motifs is 1. The summed E-state index contributed by atoms with van der Waals surface area (Å²) in [4.78, 5) is 21.4. The molecule has 2 amide bonds. The second-order valence-corrected chi connectivity index (χ2v) is 8.78. The maximum Gasteiger partial charge on any atom is 0.416 e. The standard InChI is InChI=1S/C24H25F3N6O/c1-15(21-29-22(31-30-21)16-6-8-18(9-7-16)24(25,26)27)32-12-10-19(11-13-32)33-14-17-4-2-3-5-20(17)28-23(33)34/h2-9,15,19H,10-14H2,1H3,(H,28,34)(H,29,30,31). The average molecular weight is 470 g/mol. The Labute approximate surface area is 195 Å². The Kier molecular flexibility index (Phi) is 5.76. The van der Waals surface area contributed by atoms with Crippen LogP contribution < -0.4 is 5.32 Å². The van der Waals surface area contributed by atoms with Crippen LogP contribution in [0.2, 0.25) is 0 Å². The lowest BCUT2D eigenvalue weighted by atomic mass is 9.99. The van der Waals surface area contributed by atoms with Crippen LogP contribution in [0.15, 0.2) is 48.5 Å². The third-order valence-corrected chi connectivity index (χ3v) is 6.72. The van der Waals surface area contributed by atoms with Crippen molar-refractivity contribution in [3.63, 3.8) is 0 Å². The summed E-state index contributed by atoms with van der Waals surface area (Å²) in [6, 6.07) is 12.8. The normalized spacial score (nSPS) is 18.5. The number of carbonyl (C=O) groups is 1. The van der Waals surface area contributed by atoms with Gasteiger partial charge in [0.05, 0.1) is 11.6 Å². The van der Waals surface area contributed by atoms with E-state index in [9.17, 15) is 18.0 Å². The van der Waals surface area contributed by atoms with Gasteiger partial charge in [-0.05, 0) is 43.5 Å². The summed E-state index contributed by atoms with van der Waals surface area (Å²) in [5.41, 5.74) is 1.83. The number of nitrogens with one attached hydrogen (secondary N) is 2. The Balaban J connectivity index is 1.21. The summed E-state index contributed by atoms with van der Waals surface area (Å²) < 4.78 is 38.4. The van der Waals surface area contributed by atoms with Crippen molar-refractivity contribution in [3.05, 3.63) is 65.5 Å². The molecule has 1 atom stereocenters. The molecule has 5 rings (SSSR count). The number of halogens is 3. The van der Waals surface area contributed by atoms with Crippen LogP contribution in [-0.4, -0.2) is 50.1 Å². The summed E-state index contributed by atoms with van der Waals surface area (Å²) in [6.45, 7) is 4.24. The number of nitrogens with zero attached hydrogens (tertiary/aromatic N) is 4. The number of aromatic nitrogens is 3. The molecule has 0 bridgehead atoms. The molecule has 7 nitrogen and oxygen atoms in total. The Bertz CT molecular complexity index is 1170. The number of urea groups is 1. The summed E-state index contributed by atoms with van der Waals surface area (Å²) in [6.07, 6.45) is -2.68. The number of hydrogen-bond donors (Lipinski definition) is 2. The van der Waals surface area contributed by atoms with Crippen LogP contribution in [-0.2, 0) is 12.7 Å². The Hall–Kier alpha value is -3.40. The number of carbonyl (C=O) groups excluding carboxylic acids is 1. The number of rotatable bonds is 4. The van der Waals surface area contributed by atoms with Crippen LogP contribution in [0.4, 0.5) is 23.7 Å². The lowest BCUT2D eigenvalue weighted by molar-refractivity contribution is -0.137. The van der Waals surface area contributed by atoms with Gasteiger partial charge in [0.2, 0.25) is 0 Å². The number of hydrogen-bond acceptors (Lipinski definition) is 4. The molecular weight excluding hydrogens is 445 g/mol. The fraction of sp³-hybridized carbons (Fsp3) is 0.375. The molecule has 3 aromatic rings. The van der Waals surface area contributed by atoms with Crippen LogP contribution in [0, 0.1) is 0 Å². The van der Waals surface area contributed by atoms with E-state index in [4.69, 9.17) is 0 Å². The third-order valence-electron chi connectivity index (χ3n) is 6.72. The smallest absolute Gasteiger partial charge is 0.317 e. The average Bonchev–Trinajstić information content (AvgIpc) is 3.33. The van der Waals surface area contributed by atoms with Gasteiger partial charge in [0.15, 0.2) is 5.82 Å². The molecular formula is C24H25F3N6O. The quantitative estimate of drug-likeness (QED) is 0.559. The lowest BCUT2D eigenvalue weighted by Gasteiger charge is -2.41. The molecule has 10 heteroatoms. The number of amides is 2. The van der Waals surface area contributed by atoms with E-state index in [2.05, 4.69) is 25.4 Å². The van der Waals surface area contributed by atoms with Gasteiger partial charge >= 0.3 is 12.2 Å². The van der Waals surface area contributed by atoms with Crippen LogP contribution in [0.25, 0.3) is 11.4 Å². The van der Waals surface area contributed by atoms with Crippen molar-refractivity contribution >= 4 is 11.7 Å². The number of likely N-dealkylation sites (tertiary alicyclic amines) is 1. The summed E-state index contributed by atoms with van der Waals surface area (Å²) in [7, 11) is 0. The second kappa shape index (κ2) is 8.75. The first-order valence-electron chi connectivity index (χ1n) is 11.3. The van der Waals surface area contributed by atoms with E-state index < -0.39 is 11.7 Å². The zero-order valence-corrected chi connectivity index (χ0v) is 18.6. The molecule has 2 N–H and O–H groups in total. The minimum absolute atomic E-state index is 0.0347. The number of alkyl halides is 3. The highest BCUT2D eigenvalue weighted by Crippen LogP contribution is 2.32. The molecule has 2 aromatic carbocycles. The Morgan fingerprint density at radius 2 is 1.76 bits per heavy atom. The van der Waals surface area contributed by atoms with Gasteiger partial charge in [0.1, 0.15) is 5.82 Å². The van der Waals surface area contributed by atoms with Gasteiger partial charge in [-0.3, -0.25) is 10.00 Å². The van der Waals surface area contributed by atoms with Crippen molar-refractivity contribution in [2.75, 3.05) is 18.4 Å². The molecule has 0 radical (unpaired) electrons. The van der Waals surface area contributed by atoms with Crippen LogP contribution in [0.3, 0.4) is 0 Å². The molecule has 0 spiro atoms. The molecule has 0 saturated carbocycles. The van der Waals surface area contributed by atoms with Gasteiger partial charge in [-0.15, -0.1) is 0 Å². The summed E-state index contributed by atoms with van der Waals surface area (Å²) in [5.74, 6) is 1.03. The molecule has 1 aromatic heterocycles. The highest BCUT2D eigenvalue weighted by atomic mass is 19.4. The van der Waals surface area contributed by atoms with E-state index in [-0.39, 0.29) is 18.1 Å². The van der Waals surface area contributed by atoms with E-state index in [0.29, 0.717) is 23.8 Å². The molecule has 3 heterocycles. The van der Waals surface area contributed by atoms with Gasteiger partial charge in [-0.2, -0.15) is 18.3 Å². The molecule has 1 unspecified atom stereocenters. The van der Waals surface area contributed by atoms with Gasteiger partial charge in [0.25, 0.3) is 0 Å². The highest BCUT2D eigenvalue weighted by Gasteiger charge is 2.33. The lowest BCUT2D eigenvalue weighted by Crippen LogP contribution is -2.50. The first-order valence-corrected chi connectivity index (χ1v) is 11.3. The van der Waals surface area contributed by atoms with Crippen molar-refractivity contribution in [1.29, 1.82) is 0 Å². The zero-order valence-electron chi connectivity index (χ0n) is 18.6. The third kappa shape index (κ3) is 4.37. The van der Waals surface area contributed by atoms with Gasteiger partial charge < -0.3 is 10.2 Å². The predicted octanol–water partition coefficient (Wildman–Crippen LogP) is 5.06. The number of H-pyrrole nitrogens is 1. The molecule has 2 aliphatic rings. The molecule has 178 valence electrons. The van der Waals surface area contributed by atoms with Crippen molar-refractivity contribution in [2.24, 2.45) is 0 Å². The number of para-hydroxylation sites is 1. The van der Waals surface area contributed by atoms with Crippen molar-refractivity contribution in [3.8, 4) is 11.4 Å². The number of piperidine rings is 1. The maximum atomic E-state index is 12.8. The number of aromatic amines is 1. The fourth-order valence-corrected chi connectivity index (χ4v) is 4.67. The minimum atomic E-state index is -4.37. The summed E-state index contributed by atoms with van der Waals surface area (Å²) in [5, 5.41) is 10.1. The monoisotopic (exact) mass is 470 g/mol. The predicted molar refractivity (Wildman–Crippen MR) is 121 cm³/mol. The number of anilines is 1. The first kappa shape index (κ1) is 22.4. The van der Waals surface area contributed by atoms with Crippen molar-refractivity contribution in [1.82, 2.24) is 25.0 Å². The fourth-order valence-electron chi connectivity index (χ4n) is 4.67. The number of benzene rings is 2. The minimum Gasteiger partial charge on any atom is -0.317 e. The van der Waals surface area contributed by atoms with Crippen molar-refractivity contribution < 1.29 is 18.0 Å². The maximum absolute atomic E-state index is 12.8. The molecule has 2 aliphatic heterocycles.